The van der Waals surface area contributed by atoms with Crippen molar-refractivity contribution in [3.05, 3.63) is 0 Å². The van der Waals surface area contributed by atoms with Crippen molar-refractivity contribution in [1.29, 1.82) is 0 Å². The van der Waals surface area contributed by atoms with Crippen molar-refractivity contribution >= 4 is 14.8 Å². The van der Waals surface area contributed by atoms with Gasteiger partial charge in [-0.15, -0.1) is 0 Å². The van der Waals surface area contributed by atoms with Crippen molar-refractivity contribution in [2.75, 3.05) is 26.4 Å². The molecule has 3 N–H and O–H groups in total. The number of unbranched alkanes of at least 4 members (excludes halogenated alkanes) is 1. The second-order valence-corrected chi connectivity index (χ2v) is 9.50. The van der Waals surface area contributed by atoms with E-state index in [0.29, 0.717) is 32.3 Å². The molecule has 0 bridgehead atoms. The van der Waals surface area contributed by atoms with Gasteiger partial charge in [0.2, 0.25) is 0 Å². The normalized spacial score (nSPS) is 13.6. The molecule has 0 amide bonds. The van der Waals surface area contributed by atoms with E-state index in [1.165, 1.54) is 19.3 Å². The van der Waals surface area contributed by atoms with E-state index < -0.39 is 14.8 Å². The average molecular weight is 408 g/mol. The summed E-state index contributed by atoms with van der Waals surface area (Å²) in [5, 5.41) is 8.75. The zero-order chi connectivity index (χ0) is 21.1. The van der Waals surface area contributed by atoms with E-state index in [1.54, 1.807) is 6.92 Å². The van der Waals surface area contributed by atoms with Gasteiger partial charge in [-0.1, -0.05) is 46.5 Å². The fourth-order valence-corrected chi connectivity index (χ4v) is 5.54. The number of nitrogens with two attached hydrogens (primary N) is 1. The van der Waals surface area contributed by atoms with Gasteiger partial charge in [-0.3, -0.25) is 4.79 Å². The summed E-state index contributed by atoms with van der Waals surface area (Å²) in [7, 11) is -2.40. The second kappa shape index (κ2) is 18.9. The Bertz CT molecular complexity index is 327. The monoisotopic (exact) mass is 407 g/mol. The molecule has 6 nitrogen and oxygen atoms in total. The minimum absolute atomic E-state index is 0.179. The molecular weight excluding hydrogens is 362 g/mol. The Morgan fingerprint density at radius 1 is 1.00 bits per heavy atom. The van der Waals surface area contributed by atoms with Gasteiger partial charge in [0.05, 0.1) is 5.92 Å². The van der Waals surface area contributed by atoms with Crippen molar-refractivity contribution in [2.24, 2.45) is 17.6 Å². The molecular formula is C20H45NO5Si. The van der Waals surface area contributed by atoms with Gasteiger partial charge >= 0.3 is 14.8 Å². The molecule has 0 aromatic heterocycles. The molecule has 0 aliphatic rings. The minimum Gasteiger partial charge on any atom is -0.481 e. The Kier molecular flexibility index (Phi) is 20.1. The summed E-state index contributed by atoms with van der Waals surface area (Å²) in [6.07, 6.45) is 6.46. The van der Waals surface area contributed by atoms with E-state index in [9.17, 15) is 4.79 Å². The summed E-state index contributed by atoms with van der Waals surface area (Å²) in [6, 6.07) is 0.818. The van der Waals surface area contributed by atoms with Crippen molar-refractivity contribution in [3.8, 4) is 0 Å². The van der Waals surface area contributed by atoms with Gasteiger partial charge in [-0.05, 0) is 46.1 Å². The van der Waals surface area contributed by atoms with Crippen LogP contribution in [0.15, 0.2) is 0 Å². The van der Waals surface area contributed by atoms with Crippen LogP contribution in [-0.2, 0) is 18.1 Å². The Labute approximate surface area is 168 Å². The van der Waals surface area contributed by atoms with Crippen LogP contribution in [0.3, 0.4) is 0 Å². The largest absolute Gasteiger partial charge is 0.500 e. The van der Waals surface area contributed by atoms with Crippen LogP contribution in [0, 0.1) is 11.8 Å². The predicted molar refractivity (Wildman–Crippen MR) is 114 cm³/mol. The van der Waals surface area contributed by atoms with Gasteiger partial charge < -0.3 is 24.1 Å². The summed E-state index contributed by atoms with van der Waals surface area (Å²) in [5.41, 5.74) is 5.48. The van der Waals surface area contributed by atoms with Gasteiger partial charge in [-0.25, -0.2) is 0 Å². The molecule has 2 atom stereocenters. The molecule has 0 aromatic rings. The van der Waals surface area contributed by atoms with E-state index >= 15 is 0 Å². The third-order valence-electron chi connectivity index (χ3n) is 4.43. The molecule has 0 radical (unpaired) electrons. The van der Waals surface area contributed by atoms with Gasteiger partial charge in [0.1, 0.15) is 0 Å². The number of carboxylic acid groups (broad SMARTS) is 1. The number of rotatable bonds is 16. The molecule has 164 valence electrons. The summed E-state index contributed by atoms with van der Waals surface area (Å²) in [6.45, 7) is 14.6. The fraction of sp³-hybridized carbons (Fsp3) is 0.950. The topological polar surface area (TPSA) is 91.0 Å². The molecule has 0 spiro atoms. The summed E-state index contributed by atoms with van der Waals surface area (Å²) < 4.78 is 17.0. The molecule has 0 fully saturated rings. The highest BCUT2D eigenvalue weighted by molar-refractivity contribution is 6.60. The smallest absolute Gasteiger partial charge is 0.481 e. The fourth-order valence-electron chi connectivity index (χ4n) is 2.90. The highest BCUT2D eigenvalue weighted by atomic mass is 28.4. The first-order valence-electron chi connectivity index (χ1n) is 10.7. The van der Waals surface area contributed by atoms with E-state index in [2.05, 4.69) is 13.8 Å². The predicted octanol–water partition coefficient (Wildman–Crippen LogP) is 4.70. The Balaban J connectivity index is 0. The first kappa shape index (κ1) is 28.7. The van der Waals surface area contributed by atoms with E-state index in [4.69, 9.17) is 24.1 Å². The van der Waals surface area contributed by atoms with Crippen LogP contribution in [0.2, 0.25) is 6.04 Å². The van der Waals surface area contributed by atoms with Crippen LogP contribution in [0.5, 0.6) is 0 Å². The van der Waals surface area contributed by atoms with E-state index in [-0.39, 0.29) is 5.92 Å². The second-order valence-electron chi connectivity index (χ2n) is 6.77. The summed E-state index contributed by atoms with van der Waals surface area (Å²) in [5.74, 6) is -0.234. The van der Waals surface area contributed by atoms with Gasteiger partial charge in [-0.2, -0.15) is 0 Å². The number of carboxylic acids is 1. The SMILES string of the molecule is CCCCC(CC)CC(C)C(=O)O.CCO[Si](CCCN)(OCC)OCC. The van der Waals surface area contributed by atoms with Crippen LogP contribution in [0.25, 0.3) is 0 Å². The first-order valence-corrected chi connectivity index (χ1v) is 12.6. The molecule has 0 heterocycles. The number of aliphatic carboxylic acids is 1. The molecule has 27 heavy (non-hydrogen) atoms. The number of hydrogen-bond acceptors (Lipinski definition) is 5. The van der Waals surface area contributed by atoms with Crippen LogP contribution < -0.4 is 5.73 Å². The molecule has 0 aliphatic carbocycles. The van der Waals surface area contributed by atoms with Crippen molar-refractivity contribution in [1.82, 2.24) is 0 Å². The highest BCUT2D eigenvalue weighted by Gasteiger charge is 2.39. The third kappa shape index (κ3) is 15.2. The molecule has 0 aromatic carbocycles. The van der Waals surface area contributed by atoms with E-state index in [1.807, 2.05) is 20.8 Å². The molecule has 0 saturated carbocycles. The lowest BCUT2D eigenvalue weighted by molar-refractivity contribution is -0.141. The molecule has 0 rings (SSSR count). The minimum atomic E-state index is -2.40. The lowest BCUT2D eigenvalue weighted by atomic mass is 9.89. The van der Waals surface area contributed by atoms with Crippen molar-refractivity contribution in [3.63, 3.8) is 0 Å². The lowest BCUT2D eigenvalue weighted by Gasteiger charge is -2.28. The zero-order valence-electron chi connectivity index (χ0n) is 18.6. The third-order valence-corrected chi connectivity index (χ3v) is 7.58. The van der Waals surface area contributed by atoms with Crippen molar-refractivity contribution in [2.45, 2.75) is 86.1 Å². The molecule has 7 heteroatoms. The van der Waals surface area contributed by atoms with E-state index in [0.717, 1.165) is 25.3 Å². The Morgan fingerprint density at radius 3 is 1.85 bits per heavy atom. The van der Waals surface area contributed by atoms with Crippen LogP contribution in [0.4, 0.5) is 0 Å². The quantitative estimate of drug-likeness (QED) is 0.360. The maximum Gasteiger partial charge on any atom is 0.500 e. The van der Waals surface area contributed by atoms with Crippen LogP contribution in [0.1, 0.15) is 80.1 Å². The van der Waals surface area contributed by atoms with Gasteiger partial charge in [0.25, 0.3) is 0 Å². The maximum absolute atomic E-state index is 10.6. The number of hydrogen-bond donors (Lipinski definition) is 2. The first-order chi connectivity index (χ1) is 12.9. The highest BCUT2D eigenvalue weighted by Crippen LogP contribution is 2.21. The van der Waals surface area contributed by atoms with Crippen LogP contribution >= 0.6 is 0 Å². The number of carbonyl (C=O) groups is 1. The summed E-state index contributed by atoms with van der Waals surface area (Å²) in [4.78, 5) is 10.6. The Hall–Kier alpha value is -0.473. The lowest BCUT2D eigenvalue weighted by Crippen LogP contribution is -2.46. The van der Waals surface area contributed by atoms with Crippen molar-refractivity contribution < 1.29 is 23.2 Å². The molecule has 0 aliphatic heterocycles. The van der Waals surface area contributed by atoms with Gasteiger partial charge in [0.15, 0.2) is 0 Å². The average Bonchev–Trinajstić information content (AvgIpc) is 2.64. The zero-order valence-corrected chi connectivity index (χ0v) is 19.6. The van der Waals surface area contributed by atoms with Crippen LogP contribution in [-0.4, -0.2) is 46.2 Å². The maximum atomic E-state index is 10.6. The molecule has 0 saturated heterocycles. The summed E-state index contributed by atoms with van der Waals surface area (Å²) >= 11 is 0. The Morgan fingerprint density at radius 2 is 1.52 bits per heavy atom. The molecule has 2 unspecified atom stereocenters. The van der Waals surface area contributed by atoms with Gasteiger partial charge in [0, 0.05) is 25.9 Å². The standard InChI is InChI=1S/C11H22O2.C9H23NO3Si/c1-4-6-7-10(5-2)8-9(3)11(12)13;1-4-11-14(12-5-2,13-6-3)9-7-8-10/h9-10H,4-8H2,1-3H3,(H,12,13);4-10H2,1-3H3.